The van der Waals surface area contributed by atoms with Gasteiger partial charge in [0, 0.05) is 11.3 Å². The number of carbonyl (C=O) groups is 1. The lowest BCUT2D eigenvalue weighted by molar-refractivity contribution is 0.102. The van der Waals surface area contributed by atoms with Crippen LogP contribution in [0.2, 0.25) is 5.02 Å². The molecule has 0 heterocycles. The number of ether oxygens (including phenoxy) is 2. The molecular weight excluding hydrogens is 380 g/mol. The van der Waals surface area contributed by atoms with Crippen molar-refractivity contribution in [2.75, 3.05) is 19.0 Å². The first-order valence-corrected chi connectivity index (χ1v) is 9.74. The van der Waals surface area contributed by atoms with Gasteiger partial charge >= 0.3 is 0 Å². The van der Waals surface area contributed by atoms with Crippen LogP contribution in [-0.4, -0.2) is 28.0 Å². The van der Waals surface area contributed by atoms with Crippen LogP contribution in [0.1, 0.15) is 22.8 Å². The van der Waals surface area contributed by atoms with E-state index in [0.29, 0.717) is 34.9 Å². The van der Waals surface area contributed by atoms with Crippen LogP contribution in [0.15, 0.2) is 36.4 Å². The predicted octanol–water partition coefficient (Wildman–Crippen LogP) is 2.79. The van der Waals surface area contributed by atoms with E-state index in [0.717, 1.165) is 0 Å². The number of hydrogen-bond donors (Lipinski definition) is 2. The number of methoxy groups -OCH3 is 1. The van der Waals surface area contributed by atoms with Crippen LogP contribution in [0.25, 0.3) is 0 Å². The molecule has 0 atom stereocenters. The van der Waals surface area contributed by atoms with Crippen molar-refractivity contribution in [1.29, 1.82) is 0 Å². The topological polar surface area (TPSA) is 108 Å². The first-order chi connectivity index (χ1) is 12.2. The van der Waals surface area contributed by atoms with Gasteiger partial charge in [0.2, 0.25) is 10.0 Å². The molecule has 0 aliphatic rings. The molecule has 0 aliphatic heterocycles. The molecule has 7 nitrogen and oxygen atoms in total. The fourth-order valence-electron chi connectivity index (χ4n) is 2.26. The van der Waals surface area contributed by atoms with Crippen LogP contribution in [0, 0.1) is 0 Å². The molecule has 9 heteroatoms. The fourth-order valence-corrected chi connectivity index (χ4v) is 3.18. The van der Waals surface area contributed by atoms with Crippen molar-refractivity contribution in [3.63, 3.8) is 0 Å². The molecule has 0 fully saturated rings. The number of sulfonamides is 1. The number of halogens is 1. The second-order valence-electron chi connectivity index (χ2n) is 5.38. The van der Waals surface area contributed by atoms with Gasteiger partial charge in [0.1, 0.15) is 0 Å². The van der Waals surface area contributed by atoms with E-state index >= 15 is 0 Å². The summed E-state index contributed by atoms with van der Waals surface area (Å²) < 4.78 is 32.8. The summed E-state index contributed by atoms with van der Waals surface area (Å²) >= 11 is 6.17. The minimum absolute atomic E-state index is 0.264. The number of nitrogens with one attached hydrogen (secondary N) is 1. The van der Waals surface area contributed by atoms with E-state index in [1.54, 1.807) is 24.3 Å². The number of primary sulfonamides is 1. The van der Waals surface area contributed by atoms with Gasteiger partial charge in [-0.3, -0.25) is 4.79 Å². The molecule has 2 rings (SSSR count). The number of amides is 1. The predicted molar refractivity (Wildman–Crippen MR) is 100 cm³/mol. The van der Waals surface area contributed by atoms with Crippen molar-refractivity contribution in [3.8, 4) is 11.5 Å². The van der Waals surface area contributed by atoms with Gasteiger partial charge in [-0.2, -0.15) is 0 Å². The molecule has 0 aliphatic carbocycles. The first kappa shape index (κ1) is 20.0. The highest BCUT2D eigenvalue weighted by atomic mass is 35.5. The van der Waals surface area contributed by atoms with Crippen LogP contribution in [0.4, 0.5) is 5.69 Å². The van der Waals surface area contributed by atoms with Gasteiger partial charge in [-0.05, 0) is 36.8 Å². The highest BCUT2D eigenvalue weighted by Crippen LogP contribution is 2.36. The maximum atomic E-state index is 12.4. The smallest absolute Gasteiger partial charge is 0.255 e. The quantitative estimate of drug-likeness (QED) is 0.745. The van der Waals surface area contributed by atoms with Crippen LogP contribution in [0.5, 0.6) is 11.5 Å². The Morgan fingerprint density at radius 2 is 1.88 bits per heavy atom. The van der Waals surface area contributed by atoms with E-state index in [9.17, 15) is 13.2 Å². The zero-order valence-electron chi connectivity index (χ0n) is 14.3. The Balaban J connectivity index is 2.18. The zero-order chi connectivity index (χ0) is 19.3. The Morgan fingerprint density at radius 1 is 1.23 bits per heavy atom. The first-order valence-electron chi connectivity index (χ1n) is 7.64. The summed E-state index contributed by atoms with van der Waals surface area (Å²) in [7, 11) is -2.15. The highest BCUT2D eigenvalue weighted by molar-refractivity contribution is 7.88. The molecule has 0 saturated carbocycles. The van der Waals surface area contributed by atoms with Crippen molar-refractivity contribution in [1.82, 2.24) is 0 Å². The van der Waals surface area contributed by atoms with Gasteiger partial charge in [-0.25, -0.2) is 13.6 Å². The Kier molecular flexibility index (Phi) is 6.47. The molecule has 3 N–H and O–H groups in total. The molecule has 26 heavy (non-hydrogen) atoms. The van der Waals surface area contributed by atoms with Crippen molar-refractivity contribution in [2.24, 2.45) is 5.14 Å². The lowest BCUT2D eigenvalue weighted by atomic mass is 10.1. The summed E-state index contributed by atoms with van der Waals surface area (Å²) in [5, 5.41) is 7.97. The average Bonchev–Trinajstić information content (AvgIpc) is 2.57. The minimum Gasteiger partial charge on any atom is -0.493 e. The largest absolute Gasteiger partial charge is 0.493 e. The molecule has 0 spiro atoms. The van der Waals surface area contributed by atoms with Crippen molar-refractivity contribution in [2.45, 2.75) is 12.7 Å². The van der Waals surface area contributed by atoms with Gasteiger partial charge in [0.25, 0.3) is 5.91 Å². The van der Waals surface area contributed by atoms with Crippen LogP contribution in [0.3, 0.4) is 0 Å². The lowest BCUT2D eigenvalue weighted by Crippen LogP contribution is -2.15. The Bertz CT molecular complexity index is 898. The van der Waals surface area contributed by atoms with Crippen molar-refractivity contribution >= 4 is 33.2 Å². The number of benzene rings is 2. The van der Waals surface area contributed by atoms with Crippen LogP contribution < -0.4 is 19.9 Å². The molecule has 2 aromatic rings. The molecule has 0 radical (unpaired) electrons. The van der Waals surface area contributed by atoms with Gasteiger partial charge < -0.3 is 14.8 Å². The molecule has 0 saturated heterocycles. The Labute approximate surface area is 157 Å². The van der Waals surface area contributed by atoms with E-state index in [-0.39, 0.29) is 10.8 Å². The number of nitrogens with two attached hydrogens (primary N) is 1. The number of rotatable bonds is 7. The normalized spacial score (nSPS) is 11.1. The number of anilines is 1. The zero-order valence-corrected chi connectivity index (χ0v) is 15.9. The van der Waals surface area contributed by atoms with Gasteiger partial charge in [-0.1, -0.05) is 23.7 Å². The third-order valence-electron chi connectivity index (χ3n) is 3.36. The molecular formula is C17H19ClN2O5S. The van der Waals surface area contributed by atoms with Crippen molar-refractivity contribution < 1.29 is 22.7 Å². The lowest BCUT2D eigenvalue weighted by Gasteiger charge is -2.13. The standard InChI is InChI=1S/C17H19ClN2O5S/c1-3-25-16-14(18)8-12(9-15(16)24-2)17(21)20-13-6-4-11(5-7-13)10-26(19,22)23/h4-9H,3,10H2,1-2H3,(H,20,21)(H2,19,22,23). The van der Waals surface area contributed by atoms with Gasteiger partial charge in [0.05, 0.1) is 24.5 Å². The van der Waals surface area contributed by atoms with E-state index in [1.165, 1.54) is 19.2 Å². The van der Waals surface area contributed by atoms with Crippen LogP contribution in [-0.2, 0) is 15.8 Å². The summed E-state index contributed by atoms with van der Waals surface area (Å²) in [6.07, 6.45) is 0. The third-order valence-corrected chi connectivity index (χ3v) is 4.38. The average molecular weight is 399 g/mol. The molecule has 2 aromatic carbocycles. The second kappa shape index (κ2) is 8.39. The van der Waals surface area contributed by atoms with Gasteiger partial charge in [0.15, 0.2) is 11.5 Å². The molecule has 1 amide bonds. The summed E-state index contributed by atoms with van der Waals surface area (Å²) in [5.41, 5.74) is 1.32. The fraction of sp³-hybridized carbons (Fsp3) is 0.235. The van der Waals surface area contributed by atoms with E-state index < -0.39 is 15.9 Å². The van der Waals surface area contributed by atoms with E-state index in [1.807, 2.05) is 6.92 Å². The maximum Gasteiger partial charge on any atom is 0.255 e. The second-order valence-corrected chi connectivity index (χ2v) is 7.40. The summed E-state index contributed by atoms with van der Waals surface area (Å²) in [6.45, 7) is 2.22. The molecule has 0 aromatic heterocycles. The Hall–Kier alpha value is -2.29. The maximum absolute atomic E-state index is 12.4. The highest BCUT2D eigenvalue weighted by Gasteiger charge is 2.16. The summed E-state index contributed by atoms with van der Waals surface area (Å²) in [4.78, 5) is 12.4. The monoisotopic (exact) mass is 398 g/mol. The molecule has 0 bridgehead atoms. The van der Waals surface area contributed by atoms with Gasteiger partial charge in [-0.15, -0.1) is 0 Å². The van der Waals surface area contributed by atoms with Crippen molar-refractivity contribution in [3.05, 3.63) is 52.5 Å². The SMILES string of the molecule is CCOc1c(Cl)cc(C(=O)Nc2ccc(CS(N)(=O)=O)cc2)cc1OC. The summed E-state index contributed by atoms with van der Waals surface area (Å²) in [6, 6.07) is 9.34. The number of carbonyl (C=O) groups excluding carboxylic acids is 1. The molecule has 140 valence electrons. The van der Waals surface area contributed by atoms with Crippen LogP contribution >= 0.6 is 11.6 Å². The number of hydrogen-bond acceptors (Lipinski definition) is 5. The Morgan fingerprint density at radius 3 is 2.42 bits per heavy atom. The minimum atomic E-state index is -3.61. The molecule has 0 unspecified atom stereocenters. The van der Waals surface area contributed by atoms with E-state index in [2.05, 4.69) is 5.32 Å². The van der Waals surface area contributed by atoms with E-state index in [4.69, 9.17) is 26.2 Å². The summed E-state index contributed by atoms with van der Waals surface area (Å²) in [5.74, 6) is 0.0634. The third kappa shape index (κ3) is 5.35.